The molecule has 5 rings (SSSR count). The first-order valence-electron chi connectivity index (χ1n) is 12.7. The van der Waals surface area contributed by atoms with Crippen LogP contribution in [0, 0.1) is 11.3 Å². The van der Waals surface area contributed by atoms with Crippen LogP contribution in [0.25, 0.3) is 0 Å². The summed E-state index contributed by atoms with van der Waals surface area (Å²) < 4.78 is 44.1. The highest BCUT2D eigenvalue weighted by Crippen LogP contribution is 2.40. The number of fused-ring (bicyclic) bond motifs is 1. The van der Waals surface area contributed by atoms with Crippen molar-refractivity contribution in [1.82, 2.24) is 20.1 Å². The summed E-state index contributed by atoms with van der Waals surface area (Å²) in [5.74, 6) is -0.0323. The molecule has 1 aliphatic heterocycles. The number of carbonyl (C=O) groups is 1. The standard InChI is InChI=1S/C28H29F3N6O/c1-27(9-5-10-27)33-15-18-12-22-23(24(13-18)28(29,30)31)16-37(26(22)38)20-7-3-6-19(14-20)21(8-4-11-32)25-35-34-17-36(25)2/h3,6-7,12-14,17,21,33H,4-5,8-10,15-16H2,1-2H3/t21-/m1/s1. The average molecular weight is 523 g/mol. The molecular formula is C28H29F3N6O. The van der Waals surface area contributed by atoms with Crippen LogP contribution in [-0.2, 0) is 26.3 Å². The summed E-state index contributed by atoms with van der Waals surface area (Å²) in [4.78, 5) is 14.9. The van der Waals surface area contributed by atoms with E-state index in [1.165, 1.54) is 11.0 Å². The molecule has 0 unspecified atom stereocenters. The van der Waals surface area contributed by atoms with Crippen molar-refractivity contribution < 1.29 is 18.0 Å². The Balaban J connectivity index is 1.47. The Morgan fingerprint density at radius 1 is 1.24 bits per heavy atom. The van der Waals surface area contributed by atoms with Gasteiger partial charge in [-0.25, -0.2) is 0 Å². The van der Waals surface area contributed by atoms with Gasteiger partial charge in [0.15, 0.2) is 0 Å². The second kappa shape index (κ2) is 9.87. The zero-order valence-corrected chi connectivity index (χ0v) is 21.3. The molecule has 10 heteroatoms. The van der Waals surface area contributed by atoms with Gasteiger partial charge in [0.2, 0.25) is 0 Å². The van der Waals surface area contributed by atoms with E-state index < -0.39 is 17.6 Å². The van der Waals surface area contributed by atoms with Gasteiger partial charge in [0, 0.05) is 42.7 Å². The number of nitrogens with zero attached hydrogens (tertiary/aromatic N) is 5. The first-order valence-corrected chi connectivity index (χ1v) is 12.7. The molecule has 0 radical (unpaired) electrons. The van der Waals surface area contributed by atoms with Gasteiger partial charge in [-0.2, -0.15) is 18.4 Å². The van der Waals surface area contributed by atoms with Crippen molar-refractivity contribution in [3.63, 3.8) is 0 Å². The maximum absolute atomic E-state index is 14.1. The number of halogens is 3. The van der Waals surface area contributed by atoms with Crippen LogP contribution >= 0.6 is 0 Å². The van der Waals surface area contributed by atoms with E-state index in [0.29, 0.717) is 29.9 Å². The first kappa shape index (κ1) is 25.9. The van der Waals surface area contributed by atoms with Gasteiger partial charge in [-0.15, -0.1) is 10.2 Å². The Labute approximate surface area is 219 Å². The molecule has 1 N–H and O–H groups in total. The molecule has 2 aliphatic rings. The van der Waals surface area contributed by atoms with Gasteiger partial charge in [-0.1, -0.05) is 12.1 Å². The molecule has 1 saturated carbocycles. The third-order valence-electron chi connectivity index (χ3n) is 7.77. The third-order valence-corrected chi connectivity index (χ3v) is 7.77. The van der Waals surface area contributed by atoms with Gasteiger partial charge in [0.25, 0.3) is 5.91 Å². The summed E-state index contributed by atoms with van der Waals surface area (Å²) in [5, 5.41) is 20.7. The summed E-state index contributed by atoms with van der Waals surface area (Å²) in [6, 6.07) is 12.1. The largest absolute Gasteiger partial charge is 0.416 e. The molecule has 0 spiro atoms. The molecule has 3 aromatic rings. The van der Waals surface area contributed by atoms with Gasteiger partial charge in [0.1, 0.15) is 12.2 Å². The molecule has 1 aliphatic carbocycles. The fourth-order valence-electron chi connectivity index (χ4n) is 5.40. The number of rotatable bonds is 8. The van der Waals surface area contributed by atoms with Crippen LogP contribution in [0.5, 0.6) is 0 Å². The lowest BCUT2D eigenvalue weighted by Crippen LogP contribution is -2.47. The Morgan fingerprint density at radius 2 is 2.03 bits per heavy atom. The molecule has 38 heavy (non-hydrogen) atoms. The van der Waals surface area contributed by atoms with Crippen molar-refractivity contribution in [2.45, 2.75) is 69.8 Å². The molecular weight excluding hydrogens is 493 g/mol. The Kier molecular flexibility index (Phi) is 6.73. The molecule has 0 saturated heterocycles. The molecule has 7 nitrogen and oxygen atoms in total. The van der Waals surface area contributed by atoms with Gasteiger partial charge in [-0.3, -0.25) is 4.79 Å². The summed E-state index contributed by atoms with van der Waals surface area (Å²) in [7, 11) is 1.82. The van der Waals surface area contributed by atoms with E-state index in [1.54, 1.807) is 35.2 Å². The van der Waals surface area contributed by atoms with Crippen molar-refractivity contribution in [3.8, 4) is 6.07 Å². The van der Waals surface area contributed by atoms with E-state index in [0.717, 1.165) is 24.8 Å². The van der Waals surface area contributed by atoms with Crippen LogP contribution in [0.4, 0.5) is 18.9 Å². The van der Waals surface area contributed by atoms with Gasteiger partial charge >= 0.3 is 6.18 Å². The Hall–Kier alpha value is -3.71. The van der Waals surface area contributed by atoms with Crippen molar-refractivity contribution >= 4 is 11.6 Å². The van der Waals surface area contributed by atoms with Gasteiger partial charge in [-0.05, 0) is 73.6 Å². The summed E-state index contributed by atoms with van der Waals surface area (Å²) in [6.45, 7) is 2.18. The normalized spacial score (nSPS) is 17.2. The van der Waals surface area contributed by atoms with Crippen molar-refractivity contribution in [2.75, 3.05) is 4.90 Å². The number of benzene rings is 2. The monoisotopic (exact) mass is 522 g/mol. The highest BCUT2D eigenvalue weighted by Gasteiger charge is 2.41. The van der Waals surface area contributed by atoms with Crippen LogP contribution in [0.3, 0.4) is 0 Å². The number of alkyl halides is 3. The van der Waals surface area contributed by atoms with E-state index in [9.17, 15) is 18.0 Å². The fraction of sp³-hybridized carbons (Fsp3) is 0.429. The molecule has 1 amide bonds. The number of amides is 1. The second-order valence-corrected chi connectivity index (χ2v) is 10.5. The number of aromatic nitrogens is 3. The lowest BCUT2D eigenvalue weighted by molar-refractivity contribution is -0.138. The predicted molar refractivity (Wildman–Crippen MR) is 135 cm³/mol. The average Bonchev–Trinajstić information content (AvgIpc) is 3.44. The fourth-order valence-corrected chi connectivity index (χ4v) is 5.40. The van der Waals surface area contributed by atoms with Crippen LogP contribution < -0.4 is 10.2 Å². The molecule has 2 aromatic carbocycles. The van der Waals surface area contributed by atoms with E-state index in [-0.39, 0.29) is 35.7 Å². The number of hydrogen-bond acceptors (Lipinski definition) is 5. The molecule has 2 heterocycles. The number of hydrogen-bond donors (Lipinski definition) is 1. The lowest BCUT2D eigenvalue weighted by atomic mass is 9.78. The van der Waals surface area contributed by atoms with Crippen LogP contribution in [-0.4, -0.2) is 26.2 Å². The Morgan fingerprint density at radius 3 is 2.66 bits per heavy atom. The summed E-state index contributed by atoms with van der Waals surface area (Å²) >= 11 is 0. The number of aryl methyl sites for hydroxylation is 1. The third kappa shape index (κ3) is 4.90. The number of nitrogens with one attached hydrogen (secondary N) is 1. The van der Waals surface area contributed by atoms with Crippen molar-refractivity contribution in [2.24, 2.45) is 7.05 Å². The summed E-state index contributed by atoms with van der Waals surface area (Å²) in [5.41, 5.74) is 1.03. The topological polar surface area (TPSA) is 86.8 Å². The van der Waals surface area contributed by atoms with Gasteiger partial charge in [0.05, 0.1) is 18.2 Å². The van der Waals surface area contributed by atoms with Crippen LogP contribution in [0.2, 0.25) is 0 Å². The molecule has 0 bridgehead atoms. The van der Waals surface area contributed by atoms with E-state index in [2.05, 4.69) is 28.5 Å². The van der Waals surface area contributed by atoms with Crippen molar-refractivity contribution in [3.05, 3.63) is 76.4 Å². The minimum atomic E-state index is -4.58. The highest BCUT2D eigenvalue weighted by atomic mass is 19.4. The molecule has 198 valence electrons. The Bertz CT molecular complexity index is 1400. The minimum absolute atomic E-state index is 0.000778. The number of nitriles is 1. The van der Waals surface area contributed by atoms with Crippen LogP contribution in [0.15, 0.2) is 42.7 Å². The molecule has 1 aromatic heterocycles. The maximum Gasteiger partial charge on any atom is 0.416 e. The summed E-state index contributed by atoms with van der Waals surface area (Å²) in [6.07, 6.45) is 0.853. The highest BCUT2D eigenvalue weighted by molar-refractivity contribution is 6.10. The van der Waals surface area contributed by atoms with E-state index in [1.807, 2.05) is 13.1 Å². The number of carbonyl (C=O) groups excluding carboxylic acids is 1. The van der Waals surface area contributed by atoms with E-state index in [4.69, 9.17) is 5.26 Å². The smallest absolute Gasteiger partial charge is 0.320 e. The number of anilines is 1. The zero-order valence-electron chi connectivity index (χ0n) is 21.3. The molecule has 1 fully saturated rings. The SMILES string of the molecule is Cn1cnnc1[C@H](CCC#N)c1cccc(N2Cc3c(cc(CNC4(C)CCC4)cc3C(F)(F)F)C2=O)c1. The molecule has 1 atom stereocenters. The van der Waals surface area contributed by atoms with E-state index >= 15 is 0 Å². The van der Waals surface area contributed by atoms with Crippen LogP contribution in [0.1, 0.15) is 83.4 Å². The zero-order chi connectivity index (χ0) is 27.1. The lowest BCUT2D eigenvalue weighted by Gasteiger charge is -2.39. The first-order chi connectivity index (χ1) is 18.1. The maximum atomic E-state index is 14.1. The quantitative estimate of drug-likeness (QED) is 0.425. The van der Waals surface area contributed by atoms with Crippen molar-refractivity contribution in [1.29, 1.82) is 5.26 Å². The predicted octanol–water partition coefficient (Wildman–Crippen LogP) is 5.46. The van der Waals surface area contributed by atoms with Gasteiger partial charge < -0.3 is 14.8 Å². The second-order valence-electron chi connectivity index (χ2n) is 10.5. The minimum Gasteiger partial charge on any atom is -0.320 e.